The number of Topliss-reactive ketones (excluding diaryl/α,β-unsaturated/α-hetero) is 4. The smallest absolute Gasteiger partial charge is 0.130 e. The third-order valence-electron chi connectivity index (χ3n) is 3.61. The molecule has 0 N–H and O–H groups in total. The van der Waals surface area contributed by atoms with Crippen LogP contribution in [0.3, 0.4) is 0 Å². The summed E-state index contributed by atoms with van der Waals surface area (Å²) in [6.45, 7) is 6.09. The molecule has 0 aromatic heterocycles. The Balaban J connectivity index is 4.72. The molecule has 0 saturated carbocycles. The molecule has 0 aromatic carbocycles. The van der Waals surface area contributed by atoms with E-state index in [-0.39, 0.29) is 42.4 Å². The molecular formula is C17H28O4. The lowest BCUT2D eigenvalue weighted by molar-refractivity contribution is -0.125. The van der Waals surface area contributed by atoms with Gasteiger partial charge in [-0.3, -0.25) is 0 Å². The third kappa shape index (κ3) is 10.1. The van der Waals surface area contributed by atoms with Crippen molar-refractivity contribution in [3.05, 3.63) is 0 Å². The van der Waals surface area contributed by atoms with Gasteiger partial charge in [-0.2, -0.15) is 0 Å². The van der Waals surface area contributed by atoms with Crippen molar-refractivity contribution in [2.24, 2.45) is 5.41 Å². The first kappa shape index (κ1) is 19.7. The van der Waals surface area contributed by atoms with Crippen molar-refractivity contribution < 1.29 is 19.2 Å². The Kier molecular flexibility index (Phi) is 8.98. The van der Waals surface area contributed by atoms with Gasteiger partial charge in [0.1, 0.15) is 23.1 Å². The van der Waals surface area contributed by atoms with Gasteiger partial charge in [-0.1, -0.05) is 12.8 Å². The maximum atomic E-state index is 11.5. The Morgan fingerprint density at radius 1 is 0.619 bits per heavy atom. The second-order valence-electron chi connectivity index (χ2n) is 6.40. The minimum Gasteiger partial charge on any atom is -0.300 e. The van der Waals surface area contributed by atoms with Gasteiger partial charge in [0.15, 0.2) is 0 Å². The highest BCUT2D eigenvalue weighted by Gasteiger charge is 2.33. The van der Waals surface area contributed by atoms with E-state index >= 15 is 0 Å². The molecule has 4 heteroatoms. The van der Waals surface area contributed by atoms with E-state index in [1.807, 2.05) is 0 Å². The van der Waals surface area contributed by atoms with E-state index in [1.54, 1.807) is 6.92 Å². The molecule has 120 valence electrons. The molecule has 0 aliphatic heterocycles. The number of carbonyl (C=O) groups excluding carboxylic acids is 4. The van der Waals surface area contributed by atoms with Gasteiger partial charge in [0.2, 0.25) is 0 Å². The van der Waals surface area contributed by atoms with Crippen molar-refractivity contribution in [3.63, 3.8) is 0 Å². The van der Waals surface area contributed by atoms with Crippen LogP contribution in [0, 0.1) is 5.41 Å². The van der Waals surface area contributed by atoms with Crippen molar-refractivity contribution in [3.8, 4) is 0 Å². The lowest BCUT2D eigenvalue weighted by Gasteiger charge is -2.31. The number of ketones is 4. The second-order valence-corrected chi connectivity index (χ2v) is 6.40. The topological polar surface area (TPSA) is 68.3 Å². The number of unbranched alkanes of at least 4 members (excludes halogenated alkanes) is 2. The lowest BCUT2D eigenvalue weighted by atomic mass is 9.71. The number of hydrogen-bond acceptors (Lipinski definition) is 4. The van der Waals surface area contributed by atoms with E-state index in [0.717, 1.165) is 19.3 Å². The molecule has 0 aromatic rings. The third-order valence-corrected chi connectivity index (χ3v) is 3.61. The molecular weight excluding hydrogens is 268 g/mol. The predicted molar refractivity (Wildman–Crippen MR) is 82.1 cm³/mol. The summed E-state index contributed by atoms with van der Waals surface area (Å²) in [5.41, 5.74) is -0.528. The summed E-state index contributed by atoms with van der Waals surface area (Å²) in [6.07, 6.45) is 4.63. The van der Waals surface area contributed by atoms with E-state index in [2.05, 4.69) is 0 Å². The summed E-state index contributed by atoms with van der Waals surface area (Å²) in [7, 11) is 0. The number of hydrogen-bond donors (Lipinski definition) is 0. The van der Waals surface area contributed by atoms with Crippen molar-refractivity contribution >= 4 is 23.1 Å². The summed E-state index contributed by atoms with van der Waals surface area (Å²) < 4.78 is 0. The van der Waals surface area contributed by atoms with Gasteiger partial charge in [0.25, 0.3) is 0 Å². The SMILES string of the molecule is CC(=O)CCCCCC(CC(C)=O)(CC(C)=O)CC(C)=O. The molecule has 0 unspecified atom stereocenters. The zero-order valence-electron chi connectivity index (χ0n) is 13.8. The second kappa shape index (κ2) is 9.59. The molecule has 0 aliphatic carbocycles. The van der Waals surface area contributed by atoms with Crippen LogP contribution in [0.1, 0.15) is 79.1 Å². The first-order valence-electron chi connectivity index (χ1n) is 7.64. The molecule has 4 nitrogen and oxygen atoms in total. The Morgan fingerprint density at radius 2 is 1.05 bits per heavy atom. The molecule has 0 heterocycles. The fraction of sp³-hybridized carbons (Fsp3) is 0.765. The van der Waals surface area contributed by atoms with Gasteiger partial charge >= 0.3 is 0 Å². The minimum atomic E-state index is -0.528. The Hall–Kier alpha value is -1.32. The first-order chi connectivity index (χ1) is 9.67. The summed E-state index contributed by atoms with van der Waals surface area (Å²) in [5, 5.41) is 0. The fourth-order valence-electron chi connectivity index (χ4n) is 3.09. The van der Waals surface area contributed by atoms with Crippen LogP contribution in [-0.2, 0) is 19.2 Å². The maximum absolute atomic E-state index is 11.5. The molecule has 0 rings (SSSR count). The van der Waals surface area contributed by atoms with Crippen LogP contribution in [0.2, 0.25) is 0 Å². The highest BCUT2D eigenvalue weighted by atomic mass is 16.1. The Bertz CT molecular complexity index is 355. The molecule has 0 radical (unpaired) electrons. The van der Waals surface area contributed by atoms with Crippen molar-refractivity contribution in [2.75, 3.05) is 0 Å². The van der Waals surface area contributed by atoms with Gasteiger partial charge in [-0.15, -0.1) is 0 Å². The van der Waals surface area contributed by atoms with Crippen LogP contribution in [0.5, 0.6) is 0 Å². The van der Waals surface area contributed by atoms with E-state index in [0.29, 0.717) is 12.8 Å². The van der Waals surface area contributed by atoms with Crippen molar-refractivity contribution in [1.82, 2.24) is 0 Å². The average molecular weight is 296 g/mol. The first-order valence-corrected chi connectivity index (χ1v) is 7.64. The molecule has 0 atom stereocenters. The maximum Gasteiger partial charge on any atom is 0.130 e. The summed E-state index contributed by atoms with van der Waals surface area (Å²) in [4.78, 5) is 45.5. The average Bonchev–Trinajstić information content (AvgIpc) is 2.24. The standard InChI is InChI=1S/C17H28O4/c1-13(18)8-6-5-7-9-17(10-14(2)19,11-15(3)20)12-16(4)21/h5-12H2,1-4H3. The minimum absolute atomic E-state index is 0.0150. The van der Waals surface area contributed by atoms with Gasteiger partial charge in [0, 0.05) is 25.7 Å². The van der Waals surface area contributed by atoms with Crippen LogP contribution < -0.4 is 0 Å². The fourth-order valence-corrected chi connectivity index (χ4v) is 3.09. The molecule has 0 bridgehead atoms. The van der Waals surface area contributed by atoms with Crippen molar-refractivity contribution in [2.45, 2.75) is 79.1 Å². The molecule has 0 aliphatic rings. The summed E-state index contributed by atoms with van der Waals surface area (Å²) >= 11 is 0. The zero-order valence-corrected chi connectivity index (χ0v) is 13.8. The van der Waals surface area contributed by atoms with Gasteiger partial charge in [0.05, 0.1) is 0 Å². The van der Waals surface area contributed by atoms with Crippen molar-refractivity contribution in [1.29, 1.82) is 0 Å². The molecule has 0 amide bonds. The van der Waals surface area contributed by atoms with Crippen LogP contribution in [0.15, 0.2) is 0 Å². The highest BCUT2D eigenvalue weighted by molar-refractivity contribution is 5.83. The molecule has 0 spiro atoms. The highest BCUT2D eigenvalue weighted by Crippen LogP contribution is 2.38. The summed E-state index contributed by atoms with van der Waals surface area (Å²) in [6, 6.07) is 0. The van der Waals surface area contributed by atoms with E-state index in [1.165, 1.54) is 20.8 Å². The van der Waals surface area contributed by atoms with Crippen LogP contribution in [0.25, 0.3) is 0 Å². The van der Waals surface area contributed by atoms with Gasteiger partial charge < -0.3 is 19.2 Å². The monoisotopic (exact) mass is 296 g/mol. The zero-order chi connectivity index (χ0) is 16.5. The summed E-state index contributed by atoms with van der Waals surface area (Å²) in [5.74, 6) is 0.223. The Morgan fingerprint density at radius 3 is 1.38 bits per heavy atom. The molecule has 21 heavy (non-hydrogen) atoms. The lowest BCUT2D eigenvalue weighted by Crippen LogP contribution is -2.29. The molecule has 0 fully saturated rings. The van der Waals surface area contributed by atoms with Gasteiger partial charge in [-0.05, 0) is 46.0 Å². The predicted octanol–water partition coefficient (Wildman–Crippen LogP) is 3.45. The van der Waals surface area contributed by atoms with Crippen LogP contribution in [-0.4, -0.2) is 23.1 Å². The van der Waals surface area contributed by atoms with Gasteiger partial charge in [-0.25, -0.2) is 0 Å². The van der Waals surface area contributed by atoms with E-state index < -0.39 is 5.41 Å². The van der Waals surface area contributed by atoms with E-state index in [9.17, 15) is 19.2 Å². The number of rotatable bonds is 12. The molecule has 0 saturated heterocycles. The Labute approximate surface area is 127 Å². The largest absolute Gasteiger partial charge is 0.300 e. The quantitative estimate of drug-likeness (QED) is 0.517. The number of carbonyl (C=O) groups is 4. The van der Waals surface area contributed by atoms with Crippen LogP contribution >= 0.6 is 0 Å². The van der Waals surface area contributed by atoms with Crippen LogP contribution in [0.4, 0.5) is 0 Å². The van der Waals surface area contributed by atoms with E-state index in [4.69, 9.17) is 0 Å². The normalized spacial score (nSPS) is 11.2.